The summed E-state index contributed by atoms with van der Waals surface area (Å²) in [5, 5.41) is 0. The van der Waals surface area contributed by atoms with Gasteiger partial charge in [0, 0.05) is 12.4 Å². The fourth-order valence-corrected chi connectivity index (χ4v) is 1.47. The smallest absolute Gasteiger partial charge is 0.0780 e. The van der Waals surface area contributed by atoms with Crippen LogP contribution in [-0.4, -0.2) is 4.57 Å². The summed E-state index contributed by atoms with van der Waals surface area (Å²) in [4.78, 5) is 0. The molecule has 2 rings (SSSR count). The van der Waals surface area contributed by atoms with Crippen molar-refractivity contribution in [3.63, 3.8) is 0 Å². The number of nitrogens with zero attached hydrogens (tertiary/aromatic N) is 1. The molecule has 14 heavy (non-hydrogen) atoms. The van der Waals surface area contributed by atoms with Crippen LogP contribution in [0.4, 0.5) is 0 Å². The van der Waals surface area contributed by atoms with Crippen LogP contribution in [0.25, 0.3) is 11.1 Å². The second kappa shape index (κ2) is 3.68. The lowest BCUT2D eigenvalue weighted by Gasteiger charge is -2.05. The first-order chi connectivity index (χ1) is 6.77. The van der Waals surface area contributed by atoms with E-state index in [4.69, 9.17) is 5.73 Å². The molecule has 0 spiro atoms. The summed E-state index contributed by atoms with van der Waals surface area (Å²) >= 11 is 0. The predicted octanol–water partition coefficient (Wildman–Crippen LogP) is 2.63. The van der Waals surface area contributed by atoms with E-state index in [1.165, 1.54) is 11.1 Å². The summed E-state index contributed by atoms with van der Waals surface area (Å²) in [6, 6.07) is 12.4. The fraction of sp³-hybridized carbons (Fsp3) is 0.167. The van der Waals surface area contributed by atoms with Crippen molar-refractivity contribution >= 4 is 0 Å². The molecule has 2 heteroatoms. The first kappa shape index (κ1) is 9.03. The van der Waals surface area contributed by atoms with Gasteiger partial charge in [0.15, 0.2) is 0 Å². The molecule has 0 amide bonds. The molecule has 1 aromatic heterocycles. The van der Waals surface area contributed by atoms with Crippen LogP contribution in [0.15, 0.2) is 48.8 Å². The van der Waals surface area contributed by atoms with Crippen molar-refractivity contribution in [2.45, 2.75) is 13.1 Å². The first-order valence-electron chi connectivity index (χ1n) is 4.76. The summed E-state index contributed by atoms with van der Waals surface area (Å²) in [6.07, 6.45) is 4.11. The maximum absolute atomic E-state index is 5.77. The molecule has 0 saturated carbocycles. The average Bonchev–Trinajstić information content (AvgIpc) is 2.68. The zero-order valence-corrected chi connectivity index (χ0v) is 8.22. The quantitative estimate of drug-likeness (QED) is 0.768. The molecule has 0 aliphatic carbocycles. The van der Waals surface area contributed by atoms with Gasteiger partial charge in [-0.2, -0.15) is 0 Å². The number of nitrogens with two attached hydrogens (primary N) is 1. The van der Waals surface area contributed by atoms with Crippen molar-refractivity contribution in [1.29, 1.82) is 0 Å². The Labute approximate surface area is 84.0 Å². The number of rotatable bonds is 2. The van der Waals surface area contributed by atoms with Crippen molar-refractivity contribution in [1.82, 2.24) is 4.57 Å². The van der Waals surface area contributed by atoms with E-state index in [2.05, 4.69) is 24.4 Å². The van der Waals surface area contributed by atoms with E-state index in [0.29, 0.717) is 0 Å². The lowest BCUT2D eigenvalue weighted by molar-refractivity contribution is 0.575. The number of aromatic nitrogens is 1. The molecule has 0 aliphatic heterocycles. The zero-order chi connectivity index (χ0) is 9.97. The summed E-state index contributed by atoms with van der Waals surface area (Å²) in [7, 11) is 0. The van der Waals surface area contributed by atoms with Crippen LogP contribution in [0.1, 0.15) is 13.1 Å². The van der Waals surface area contributed by atoms with Crippen LogP contribution in [0.2, 0.25) is 0 Å². The molecule has 0 unspecified atom stereocenters. The lowest BCUT2D eigenvalue weighted by atomic mass is 10.1. The molecule has 0 aliphatic rings. The highest BCUT2D eigenvalue weighted by molar-refractivity contribution is 5.62. The molecule has 72 valence electrons. The molecule has 2 N–H and O–H groups in total. The van der Waals surface area contributed by atoms with Crippen molar-refractivity contribution in [3.05, 3.63) is 48.8 Å². The Morgan fingerprint density at radius 2 is 1.79 bits per heavy atom. The molecular formula is C12H14N2. The third-order valence-corrected chi connectivity index (χ3v) is 2.29. The summed E-state index contributed by atoms with van der Waals surface area (Å²) in [5.74, 6) is 0. The van der Waals surface area contributed by atoms with E-state index in [-0.39, 0.29) is 6.17 Å². The van der Waals surface area contributed by atoms with Gasteiger partial charge in [-0.15, -0.1) is 0 Å². The van der Waals surface area contributed by atoms with Crippen LogP contribution in [0, 0.1) is 0 Å². The maximum atomic E-state index is 5.77. The summed E-state index contributed by atoms with van der Waals surface area (Å²) < 4.78 is 2.00. The van der Waals surface area contributed by atoms with Gasteiger partial charge in [0.25, 0.3) is 0 Å². The van der Waals surface area contributed by atoms with E-state index in [0.717, 1.165) is 0 Å². The van der Waals surface area contributed by atoms with Gasteiger partial charge in [0.2, 0.25) is 0 Å². The Morgan fingerprint density at radius 3 is 2.36 bits per heavy atom. The van der Waals surface area contributed by atoms with Gasteiger partial charge in [-0.3, -0.25) is 0 Å². The number of benzene rings is 1. The van der Waals surface area contributed by atoms with E-state index < -0.39 is 0 Å². The standard InChI is InChI=1S/C12H14N2/c1-10(13)14-8-7-12(9-14)11-5-3-2-4-6-11/h2-10H,13H2,1H3/t10-/m0/s1. The minimum Gasteiger partial charge on any atom is -0.338 e. The Bertz CT molecular complexity index is 401. The van der Waals surface area contributed by atoms with E-state index in [1.807, 2.05) is 35.9 Å². The number of hydrogen-bond donors (Lipinski definition) is 1. The Balaban J connectivity index is 2.34. The fourth-order valence-electron chi connectivity index (χ4n) is 1.47. The minimum absolute atomic E-state index is 0.0347. The maximum Gasteiger partial charge on any atom is 0.0780 e. The lowest BCUT2D eigenvalue weighted by Crippen LogP contribution is -2.11. The van der Waals surface area contributed by atoms with Crippen LogP contribution in [0.5, 0.6) is 0 Å². The van der Waals surface area contributed by atoms with Crippen molar-refractivity contribution in [3.8, 4) is 11.1 Å². The van der Waals surface area contributed by atoms with Crippen molar-refractivity contribution < 1.29 is 0 Å². The summed E-state index contributed by atoms with van der Waals surface area (Å²) in [5.41, 5.74) is 8.21. The van der Waals surface area contributed by atoms with Gasteiger partial charge >= 0.3 is 0 Å². The molecule has 1 heterocycles. The molecule has 0 fully saturated rings. The molecule has 1 aromatic carbocycles. The first-order valence-corrected chi connectivity index (χ1v) is 4.76. The predicted molar refractivity (Wildman–Crippen MR) is 58.8 cm³/mol. The van der Waals surface area contributed by atoms with Gasteiger partial charge in [-0.1, -0.05) is 30.3 Å². The topological polar surface area (TPSA) is 30.9 Å². The number of hydrogen-bond acceptors (Lipinski definition) is 1. The van der Waals surface area contributed by atoms with Gasteiger partial charge in [-0.25, -0.2) is 0 Å². The zero-order valence-electron chi connectivity index (χ0n) is 8.22. The van der Waals surface area contributed by atoms with Crippen LogP contribution in [-0.2, 0) is 0 Å². The van der Waals surface area contributed by atoms with E-state index >= 15 is 0 Å². The molecule has 2 aromatic rings. The SMILES string of the molecule is C[C@@H](N)n1ccc(-c2ccccc2)c1. The highest BCUT2D eigenvalue weighted by atomic mass is 15.1. The van der Waals surface area contributed by atoms with Crippen molar-refractivity contribution in [2.75, 3.05) is 0 Å². The van der Waals surface area contributed by atoms with Crippen molar-refractivity contribution in [2.24, 2.45) is 5.73 Å². The normalized spacial score (nSPS) is 12.7. The summed E-state index contributed by atoms with van der Waals surface area (Å²) in [6.45, 7) is 1.97. The average molecular weight is 186 g/mol. The van der Waals surface area contributed by atoms with Crippen LogP contribution < -0.4 is 5.73 Å². The molecule has 1 atom stereocenters. The third kappa shape index (κ3) is 1.70. The monoisotopic (exact) mass is 186 g/mol. The third-order valence-electron chi connectivity index (χ3n) is 2.29. The Kier molecular flexibility index (Phi) is 2.37. The second-order valence-electron chi connectivity index (χ2n) is 3.45. The Morgan fingerprint density at radius 1 is 1.07 bits per heavy atom. The van der Waals surface area contributed by atoms with Crippen LogP contribution in [0.3, 0.4) is 0 Å². The molecule has 0 radical (unpaired) electrons. The van der Waals surface area contributed by atoms with Gasteiger partial charge in [0.1, 0.15) is 0 Å². The van der Waals surface area contributed by atoms with E-state index in [9.17, 15) is 0 Å². The second-order valence-corrected chi connectivity index (χ2v) is 3.45. The molecular weight excluding hydrogens is 172 g/mol. The molecule has 0 saturated heterocycles. The largest absolute Gasteiger partial charge is 0.338 e. The Hall–Kier alpha value is -1.54. The van der Waals surface area contributed by atoms with E-state index in [1.54, 1.807) is 0 Å². The van der Waals surface area contributed by atoms with Crippen LogP contribution >= 0.6 is 0 Å². The minimum atomic E-state index is 0.0347. The molecule has 2 nitrogen and oxygen atoms in total. The highest BCUT2D eigenvalue weighted by Crippen LogP contribution is 2.19. The molecule has 0 bridgehead atoms. The van der Waals surface area contributed by atoms with Gasteiger partial charge in [-0.05, 0) is 24.1 Å². The van der Waals surface area contributed by atoms with Gasteiger partial charge < -0.3 is 10.3 Å². The van der Waals surface area contributed by atoms with Gasteiger partial charge in [0.05, 0.1) is 6.17 Å². The highest BCUT2D eigenvalue weighted by Gasteiger charge is 2.01.